The number of carbonyl (C=O) groups excluding carboxylic acids is 2. The Balaban J connectivity index is 2.16. The summed E-state index contributed by atoms with van der Waals surface area (Å²) >= 11 is 0. The minimum atomic E-state index is -0.544. The zero-order valence-corrected chi connectivity index (χ0v) is 10.3. The third-order valence-corrected chi connectivity index (χ3v) is 2.13. The average Bonchev–Trinajstić information content (AvgIpc) is 2.38. The summed E-state index contributed by atoms with van der Waals surface area (Å²) in [5.74, 6) is -1.08. The van der Waals surface area contributed by atoms with Gasteiger partial charge in [-0.1, -0.05) is 36.4 Å². The fourth-order valence-electron chi connectivity index (χ4n) is 1.28. The molecule has 0 radical (unpaired) electrons. The summed E-state index contributed by atoms with van der Waals surface area (Å²) in [5.41, 5.74) is 1.09. The number of esters is 2. The monoisotopic (exact) mass is 248 g/mol. The van der Waals surface area contributed by atoms with Gasteiger partial charge in [0.25, 0.3) is 0 Å². The first-order chi connectivity index (χ1) is 8.72. The van der Waals surface area contributed by atoms with Crippen LogP contribution in [-0.4, -0.2) is 25.2 Å². The summed E-state index contributed by atoms with van der Waals surface area (Å²) in [6, 6.07) is 9.70. The molecule has 1 rings (SSSR count). The Hall–Kier alpha value is -2.10. The zero-order chi connectivity index (χ0) is 13.2. The molecule has 0 saturated carbocycles. The Bertz CT molecular complexity index is 409. The number of hydrogen-bond donors (Lipinski definition) is 0. The molecular weight excluding hydrogens is 232 g/mol. The highest BCUT2D eigenvalue weighted by Gasteiger charge is 2.05. The quantitative estimate of drug-likeness (QED) is 0.570. The van der Waals surface area contributed by atoms with Crippen molar-refractivity contribution in [2.24, 2.45) is 0 Å². The summed E-state index contributed by atoms with van der Waals surface area (Å²) in [6.07, 6.45) is 3.44. The molecule has 0 fully saturated rings. The van der Waals surface area contributed by atoms with Gasteiger partial charge in [-0.05, 0) is 12.5 Å². The molecule has 1 aromatic carbocycles. The van der Waals surface area contributed by atoms with Crippen molar-refractivity contribution < 1.29 is 19.1 Å². The van der Waals surface area contributed by atoms with Gasteiger partial charge >= 0.3 is 11.9 Å². The Kier molecular flexibility index (Phi) is 6.25. The van der Waals surface area contributed by atoms with Crippen molar-refractivity contribution in [2.45, 2.75) is 13.3 Å². The van der Waals surface area contributed by atoms with E-state index in [2.05, 4.69) is 4.74 Å². The summed E-state index contributed by atoms with van der Waals surface area (Å²) in [7, 11) is 0. The molecule has 0 aliphatic carbocycles. The van der Waals surface area contributed by atoms with E-state index in [-0.39, 0.29) is 13.2 Å². The van der Waals surface area contributed by atoms with Gasteiger partial charge < -0.3 is 9.47 Å². The van der Waals surface area contributed by atoms with Crippen LogP contribution in [0.1, 0.15) is 12.5 Å². The molecule has 0 atom stereocenters. The Morgan fingerprint density at radius 1 is 1.17 bits per heavy atom. The first-order valence-corrected chi connectivity index (χ1v) is 5.71. The van der Waals surface area contributed by atoms with Crippen molar-refractivity contribution in [1.29, 1.82) is 0 Å². The topological polar surface area (TPSA) is 52.6 Å². The highest BCUT2D eigenvalue weighted by atomic mass is 16.6. The lowest BCUT2D eigenvalue weighted by Crippen LogP contribution is -2.16. The van der Waals surface area contributed by atoms with Gasteiger partial charge in [-0.3, -0.25) is 0 Å². The number of carbonyl (C=O) groups is 2. The zero-order valence-electron chi connectivity index (χ0n) is 10.3. The molecule has 0 aliphatic heterocycles. The van der Waals surface area contributed by atoms with Gasteiger partial charge in [0.1, 0.15) is 0 Å². The summed E-state index contributed by atoms with van der Waals surface area (Å²) in [4.78, 5) is 22.1. The number of benzene rings is 1. The van der Waals surface area contributed by atoms with E-state index in [1.807, 2.05) is 30.3 Å². The maximum atomic E-state index is 11.2. The van der Waals surface area contributed by atoms with Crippen LogP contribution < -0.4 is 0 Å². The first kappa shape index (κ1) is 14.0. The number of hydrogen-bond acceptors (Lipinski definition) is 4. The van der Waals surface area contributed by atoms with Gasteiger partial charge in [0, 0.05) is 12.5 Å². The van der Waals surface area contributed by atoms with Crippen LogP contribution in [0, 0.1) is 0 Å². The third kappa shape index (κ3) is 5.84. The molecule has 4 nitrogen and oxygen atoms in total. The maximum Gasteiger partial charge on any atom is 0.344 e. The van der Waals surface area contributed by atoms with Crippen molar-refractivity contribution >= 4 is 11.9 Å². The van der Waals surface area contributed by atoms with Gasteiger partial charge in [-0.25, -0.2) is 9.59 Å². The average molecular weight is 248 g/mol. The van der Waals surface area contributed by atoms with Crippen molar-refractivity contribution in [3.63, 3.8) is 0 Å². The molecule has 96 valence electrons. The predicted octanol–water partition coefficient (Wildman–Crippen LogP) is 1.89. The Labute approximate surface area is 106 Å². The standard InChI is InChI=1S/C14H16O4/c1-2-6-13(15)18-11-14(16)17-10-9-12-7-4-3-5-8-12/h2-8H,9-11H2,1H3/b6-2-. The number of allylic oxidation sites excluding steroid dienone is 1. The first-order valence-electron chi connectivity index (χ1n) is 5.71. The maximum absolute atomic E-state index is 11.2. The van der Waals surface area contributed by atoms with Crippen molar-refractivity contribution in [2.75, 3.05) is 13.2 Å². The van der Waals surface area contributed by atoms with Crippen LogP contribution in [0.3, 0.4) is 0 Å². The van der Waals surface area contributed by atoms with Crippen molar-refractivity contribution in [1.82, 2.24) is 0 Å². The van der Waals surface area contributed by atoms with Crippen LogP contribution in [0.2, 0.25) is 0 Å². The van der Waals surface area contributed by atoms with E-state index in [0.29, 0.717) is 6.42 Å². The molecule has 0 heterocycles. The summed E-state index contributed by atoms with van der Waals surface area (Å²) in [5, 5.41) is 0. The van der Waals surface area contributed by atoms with Crippen LogP contribution in [0.4, 0.5) is 0 Å². The second-order valence-corrected chi connectivity index (χ2v) is 3.56. The third-order valence-electron chi connectivity index (χ3n) is 2.13. The molecule has 1 aromatic rings. The van der Waals surface area contributed by atoms with Crippen LogP contribution in [0.15, 0.2) is 42.5 Å². The van der Waals surface area contributed by atoms with Gasteiger partial charge in [0.05, 0.1) is 6.61 Å². The predicted molar refractivity (Wildman–Crippen MR) is 66.9 cm³/mol. The second kappa shape index (κ2) is 8.06. The highest BCUT2D eigenvalue weighted by molar-refractivity contribution is 5.84. The Morgan fingerprint density at radius 2 is 1.89 bits per heavy atom. The number of rotatable bonds is 6. The highest BCUT2D eigenvalue weighted by Crippen LogP contribution is 1.99. The van der Waals surface area contributed by atoms with Crippen molar-refractivity contribution in [3.05, 3.63) is 48.0 Å². The molecule has 0 bridgehead atoms. The van der Waals surface area contributed by atoms with E-state index in [1.54, 1.807) is 13.0 Å². The molecule has 0 aliphatic rings. The fraction of sp³-hybridized carbons (Fsp3) is 0.286. The second-order valence-electron chi connectivity index (χ2n) is 3.56. The molecule has 18 heavy (non-hydrogen) atoms. The summed E-state index contributed by atoms with van der Waals surface area (Å²) < 4.78 is 9.58. The van der Waals surface area contributed by atoms with Gasteiger partial charge in [0.15, 0.2) is 6.61 Å². The van der Waals surface area contributed by atoms with E-state index in [4.69, 9.17) is 4.74 Å². The normalized spacial score (nSPS) is 10.3. The molecule has 0 amide bonds. The van der Waals surface area contributed by atoms with Gasteiger partial charge in [-0.15, -0.1) is 0 Å². The lowest BCUT2D eigenvalue weighted by Gasteiger charge is -2.05. The largest absolute Gasteiger partial charge is 0.463 e. The van der Waals surface area contributed by atoms with Crippen LogP contribution in [-0.2, 0) is 25.5 Å². The minimum absolute atomic E-state index is 0.282. The smallest absolute Gasteiger partial charge is 0.344 e. The molecule has 0 unspecified atom stereocenters. The SMILES string of the molecule is C/C=C\C(=O)OCC(=O)OCCc1ccccc1. The molecule has 0 N–H and O–H groups in total. The molecule has 0 spiro atoms. The molecule has 4 heteroatoms. The van der Waals surface area contributed by atoms with E-state index in [9.17, 15) is 9.59 Å². The van der Waals surface area contributed by atoms with E-state index < -0.39 is 11.9 Å². The lowest BCUT2D eigenvalue weighted by atomic mass is 10.2. The Morgan fingerprint density at radius 3 is 2.56 bits per heavy atom. The van der Waals surface area contributed by atoms with E-state index >= 15 is 0 Å². The summed E-state index contributed by atoms with van der Waals surface area (Å²) in [6.45, 7) is 1.63. The fourth-order valence-corrected chi connectivity index (χ4v) is 1.28. The molecule has 0 aromatic heterocycles. The van der Waals surface area contributed by atoms with Gasteiger partial charge in [0.2, 0.25) is 0 Å². The van der Waals surface area contributed by atoms with Crippen LogP contribution in [0.25, 0.3) is 0 Å². The molecule has 0 saturated heterocycles. The molecular formula is C14H16O4. The van der Waals surface area contributed by atoms with E-state index in [1.165, 1.54) is 6.08 Å². The lowest BCUT2D eigenvalue weighted by molar-refractivity contribution is -0.156. The minimum Gasteiger partial charge on any atom is -0.463 e. The van der Waals surface area contributed by atoms with Gasteiger partial charge in [-0.2, -0.15) is 0 Å². The van der Waals surface area contributed by atoms with Crippen LogP contribution in [0.5, 0.6) is 0 Å². The van der Waals surface area contributed by atoms with Crippen molar-refractivity contribution in [3.8, 4) is 0 Å². The number of ether oxygens (including phenoxy) is 2. The van der Waals surface area contributed by atoms with Crippen LogP contribution >= 0.6 is 0 Å². The van der Waals surface area contributed by atoms with E-state index in [0.717, 1.165) is 5.56 Å².